The Kier molecular flexibility index (Phi) is 4.96. The minimum Gasteiger partial charge on any atom is -0.396 e. The first kappa shape index (κ1) is 19.0. The standard InChI is InChI=1S/C19H27N3O3S/c1-13(14-8-9-14)18-20-17(21-22(18)11-19(2,3)12-23)15-6-5-7-16(10-15)26(4,24)25/h5-7,10,13-14,23H,8-9,11-12H2,1-4H3. The number of aliphatic hydroxyl groups is 1. The second-order valence-corrected chi connectivity index (χ2v) is 10.2. The minimum absolute atomic E-state index is 0.0585. The quantitative estimate of drug-likeness (QED) is 0.802. The zero-order chi connectivity index (χ0) is 19.1. The maximum absolute atomic E-state index is 11.8. The molecule has 1 aromatic carbocycles. The molecule has 3 rings (SSSR count). The average molecular weight is 378 g/mol. The molecule has 26 heavy (non-hydrogen) atoms. The number of benzene rings is 1. The molecule has 1 aromatic heterocycles. The van der Waals surface area contributed by atoms with E-state index in [2.05, 4.69) is 12.0 Å². The van der Waals surface area contributed by atoms with Crippen LogP contribution < -0.4 is 0 Å². The highest BCUT2D eigenvalue weighted by molar-refractivity contribution is 7.90. The van der Waals surface area contributed by atoms with E-state index in [1.54, 1.807) is 18.2 Å². The summed E-state index contributed by atoms with van der Waals surface area (Å²) in [4.78, 5) is 5.02. The summed E-state index contributed by atoms with van der Waals surface area (Å²) in [7, 11) is -3.28. The Morgan fingerprint density at radius 2 is 2.04 bits per heavy atom. The molecule has 7 heteroatoms. The Morgan fingerprint density at radius 1 is 1.35 bits per heavy atom. The van der Waals surface area contributed by atoms with Gasteiger partial charge < -0.3 is 5.11 Å². The number of hydrogen-bond acceptors (Lipinski definition) is 5. The van der Waals surface area contributed by atoms with Crippen LogP contribution in [0.15, 0.2) is 29.2 Å². The number of rotatable bonds is 7. The smallest absolute Gasteiger partial charge is 0.181 e. The molecule has 1 heterocycles. The van der Waals surface area contributed by atoms with Gasteiger partial charge in [0.1, 0.15) is 5.82 Å². The van der Waals surface area contributed by atoms with E-state index in [9.17, 15) is 13.5 Å². The molecule has 2 aromatic rings. The molecule has 0 spiro atoms. The van der Waals surface area contributed by atoms with Crippen LogP contribution in [0.25, 0.3) is 11.4 Å². The lowest BCUT2D eigenvalue weighted by Gasteiger charge is -2.23. The van der Waals surface area contributed by atoms with Gasteiger partial charge in [0, 0.05) is 29.8 Å². The first-order valence-corrected chi connectivity index (χ1v) is 10.9. The molecular weight excluding hydrogens is 350 g/mol. The van der Waals surface area contributed by atoms with Crippen molar-refractivity contribution in [1.82, 2.24) is 14.8 Å². The SMILES string of the molecule is CC(c1nc(-c2cccc(S(C)(=O)=O)c2)nn1CC(C)(C)CO)C1CC1. The molecule has 1 unspecified atom stereocenters. The van der Waals surface area contributed by atoms with Crippen LogP contribution in [0, 0.1) is 11.3 Å². The third-order valence-electron chi connectivity index (χ3n) is 4.96. The van der Waals surface area contributed by atoms with Gasteiger partial charge in [-0.15, -0.1) is 0 Å². The average Bonchev–Trinajstić information content (AvgIpc) is 3.35. The normalized spacial score (nSPS) is 16.7. The molecule has 0 radical (unpaired) electrons. The van der Waals surface area contributed by atoms with Crippen molar-refractivity contribution < 1.29 is 13.5 Å². The molecule has 0 amide bonds. The number of aliphatic hydroxyl groups excluding tert-OH is 1. The van der Waals surface area contributed by atoms with Crippen molar-refractivity contribution in [1.29, 1.82) is 0 Å². The second kappa shape index (κ2) is 6.78. The molecule has 142 valence electrons. The second-order valence-electron chi connectivity index (χ2n) is 8.20. The third kappa shape index (κ3) is 4.15. The van der Waals surface area contributed by atoms with E-state index in [0.717, 1.165) is 5.82 Å². The molecule has 1 atom stereocenters. The van der Waals surface area contributed by atoms with Gasteiger partial charge in [0.05, 0.1) is 11.4 Å². The van der Waals surface area contributed by atoms with E-state index in [-0.39, 0.29) is 16.9 Å². The van der Waals surface area contributed by atoms with Crippen LogP contribution in [0.4, 0.5) is 0 Å². The highest BCUT2D eigenvalue weighted by atomic mass is 32.2. The van der Waals surface area contributed by atoms with Gasteiger partial charge in [-0.25, -0.2) is 18.1 Å². The van der Waals surface area contributed by atoms with E-state index in [1.165, 1.54) is 19.1 Å². The topological polar surface area (TPSA) is 85.1 Å². The van der Waals surface area contributed by atoms with Gasteiger partial charge >= 0.3 is 0 Å². The lowest BCUT2D eigenvalue weighted by atomic mass is 9.94. The van der Waals surface area contributed by atoms with E-state index in [4.69, 9.17) is 4.98 Å². The monoisotopic (exact) mass is 377 g/mol. The van der Waals surface area contributed by atoms with E-state index in [0.29, 0.717) is 29.8 Å². The van der Waals surface area contributed by atoms with Gasteiger partial charge in [0.15, 0.2) is 15.7 Å². The summed E-state index contributed by atoms with van der Waals surface area (Å²) in [5.41, 5.74) is 0.384. The van der Waals surface area contributed by atoms with Crippen molar-refractivity contribution in [2.24, 2.45) is 11.3 Å². The van der Waals surface area contributed by atoms with Crippen LogP contribution in [0.5, 0.6) is 0 Å². The van der Waals surface area contributed by atoms with Crippen molar-refractivity contribution in [2.75, 3.05) is 12.9 Å². The number of nitrogens with zero attached hydrogens (tertiary/aromatic N) is 3. The molecule has 6 nitrogen and oxygen atoms in total. The van der Waals surface area contributed by atoms with Crippen LogP contribution >= 0.6 is 0 Å². The van der Waals surface area contributed by atoms with Crippen molar-refractivity contribution in [3.05, 3.63) is 30.1 Å². The molecule has 1 saturated carbocycles. The maximum Gasteiger partial charge on any atom is 0.181 e. The Hall–Kier alpha value is -1.73. The molecule has 0 saturated heterocycles. The predicted octanol–water partition coefficient (Wildman–Crippen LogP) is 2.88. The lowest BCUT2D eigenvalue weighted by Crippen LogP contribution is -2.26. The molecule has 1 N–H and O–H groups in total. The van der Waals surface area contributed by atoms with Gasteiger partial charge in [-0.2, -0.15) is 5.10 Å². The zero-order valence-corrected chi connectivity index (χ0v) is 16.6. The Morgan fingerprint density at radius 3 is 2.62 bits per heavy atom. The van der Waals surface area contributed by atoms with Crippen LogP contribution in [-0.4, -0.2) is 41.2 Å². The molecule has 1 aliphatic carbocycles. The first-order chi connectivity index (χ1) is 12.1. The summed E-state index contributed by atoms with van der Waals surface area (Å²) in [6.45, 7) is 6.77. The summed E-state index contributed by atoms with van der Waals surface area (Å²) in [6, 6.07) is 6.75. The molecule has 0 aliphatic heterocycles. The first-order valence-electron chi connectivity index (χ1n) is 8.97. The van der Waals surface area contributed by atoms with Crippen molar-refractivity contribution >= 4 is 9.84 Å². The minimum atomic E-state index is -3.28. The molecule has 1 fully saturated rings. The fourth-order valence-corrected chi connectivity index (χ4v) is 3.72. The van der Waals surface area contributed by atoms with Crippen LogP contribution in [0.1, 0.15) is 45.4 Å². The summed E-state index contributed by atoms with van der Waals surface area (Å²) >= 11 is 0. The van der Waals surface area contributed by atoms with Gasteiger partial charge in [-0.1, -0.05) is 32.9 Å². The zero-order valence-electron chi connectivity index (χ0n) is 15.8. The fourth-order valence-electron chi connectivity index (χ4n) is 3.06. The van der Waals surface area contributed by atoms with Gasteiger partial charge in [-0.05, 0) is 30.9 Å². The number of hydrogen-bond donors (Lipinski definition) is 1. The van der Waals surface area contributed by atoms with Crippen LogP contribution in [0.2, 0.25) is 0 Å². The Balaban J connectivity index is 2.03. The Bertz CT molecular complexity index is 899. The number of aromatic nitrogens is 3. The van der Waals surface area contributed by atoms with E-state index in [1.807, 2.05) is 24.6 Å². The van der Waals surface area contributed by atoms with E-state index >= 15 is 0 Å². The summed E-state index contributed by atoms with van der Waals surface area (Å²) in [5.74, 6) is 2.37. The summed E-state index contributed by atoms with van der Waals surface area (Å²) in [5, 5.41) is 14.3. The summed E-state index contributed by atoms with van der Waals surface area (Å²) in [6.07, 6.45) is 3.61. The van der Waals surface area contributed by atoms with Crippen molar-refractivity contribution in [3.8, 4) is 11.4 Å². The predicted molar refractivity (Wildman–Crippen MR) is 101 cm³/mol. The van der Waals surface area contributed by atoms with Crippen LogP contribution in [-0.2, 0) is 16.4 Å². The number of sulfone groups is 1. The van der Waals surface area contributed by atoms with Crippen molar-refractivity contribution in [2.45, 2.75) is 51.0 Å². The maximum atomic E-state index is 11.8. The lowest BCUT2D eigenvalue weighted by molar-refractivity contribution is 0.134. The summed E-state index contributed by atoms with van der Waals surface area (Å²) < 4.78 is 25.6. The van der Waals surface area contributed by atoms with Gasteiger partial charge in [-0.3, -0.25) is 0 Å². The fraction of sp³-hybridized carbons (Fsp3) is 0.579. The highest BCUT2D eigenvalue weighted by Crippen LogP contribution is 2.42. The van der Waals surface area contributed by atoms with Gasteiger partial charge in [0.2, 0.25) is 0 Å². The largest absolute Gasteiger partial charge is 0.396 e. The van der Waals surface area contributed by atoms with Crippen molar-refractivity contribution in [3.63, 3.8) is 0 Å². The molecule has 1 aliphatic rings. The third-order valence-corrected chi connectivity index (χ3v) is 6.07. The highest BCUT2D eigenvalue weighted by Gasteiger charge is 2.33. The van der Waals surface area contributed by atoms with Gasteiger partial charge in [0.25, 0.3) is 0 Å². The molecular formula is C19H27N3O3S. The Labute approximate surface area is 155 Å². The van der Waals surface area contributed by atoms with Crippen LogP contribution in [0.3, 0.4) is 0 Å². The molecule has 0 bridgehead atoms. The van der Waals surface area contributed by atoms with E-state index < -0.39 is 9.84 Å².